The summed E-state index contributed by atoms with van der Waals surface area (Å²) in [5, 5.41) is 3.58. The molecule has 1 aliphatic rings. The van der Waals surface area contributed by atoms with Gasteiger partial charge in [-0.25, -0.2) is 0 Å². The molecule has 1 N–H and O–H groups in total. The van der Waals surface area contributed by atoms with E-state index < -0.39 is 0 Å². The number of likely N-dealkylation sites (tertiary alicyclic amines) is 1. The minimum atomic E-state index is -0.322. The predicted octanol–water partition coefficient (Wildman–Crippen LogP) is 5.03. The van der Waals surface area contributed by atoms with E-state index in [9.17, 15) is 9.59 Å². The number of nitrogens with one attached hydrogen (secondary N) is 1. The van der Waals surface area contributed by atoms with Crippen LogP contribution >= 0.6 is 23.2 Å². The zero-order chi connectivity index (χ0) is 19.9. The topological polar surface area (TPSA) is 58.6 Å². The highest BCUT2D eigenvalue weighted by atomic mass is 35.5. The van der Waals surface area contributed by atoms with Crippen molar-refractivity contribution in [2.45, 2.75) is 25.7 Å². The zero-order valence-electron chi connectivity index (χ0n) is 15.4. The van der Waals surface area contributed by atoms with Crippen LogP contribution in [0.2, 0.25) is 10.0 Å². The van der Waals surface area contributed by atoms with Gasteiger partial charge in [0.05, 0.1) is 5.02 Å². The highest BCUT2D eigenvalue weighted by molar-refractivity contribution is 6.35. The third kappa shape index (κ3) is 5.63. The molecule has 2 aromatic rings. The number of rotatable bonds is 5. The molecule has 1 fully saturated rings. The first-order valence-electron chi connectivity index (χ1n) is 9.30. The van der Waals surface area contributed by atoms with Crippen molar-refractivity contribution in [3.63, 3.8) is 0 Å². The number of halogens is 2. The Morgan fingerprint density at radius 1 is 0.964 bits per heavy atom. The zero-order valence-corrected chi connectivity index (χ0v) is 16.9. The van der Waals surface area contributed by atoms with Gasteiger partial charge in [0.25, 0.3) is 11.8 Å². The molecule has 1 aliphatic heterocycles. The van der Waals surface area contributed by atoms with Crippen molar-refractivity contribution in [1.82, 2.24) is 4.90 Å². The molecule has 0 spiro atoms. The van der Waals surface area contributed by atoms with E-state index in [2.05, 4.69) is 5.32 Å². The molecule has 3 rings (SSSR count). The Hall–Kier alpha value is -2.24. The Kier molecular flexibility index (Phi) is 7.18. The Morgan fingerprint density at radius 3 is 2.29 bits per heavy atom. The Labute approximate surface area is 174 Å². The van der Waals surface area contributed by atoms with Crippen LogP contribution in [0.3, 0.4) is 0 Å². The van der Waals surface area contributed by atoms with Crippen molar-refractivity contribution in [2.75, 3.05) is 25.0 Å². The van der Waals surface area contributed by atoms with Crippen LogP contribution in [0.4, 0.5) is 5.69 Å². The highest BCUT2D eigenvalue weighted by Gasteiger charge is 2.17. The molecule has 2 amide bonds. The van der Waals surface area contributed by atoms with Gasteiger partial charge in [0.2, 0.25) is 0 Å². The van der Waals surface area contributed by atoms with E-state index in [0.29, 0.717) is 27.0 Å². The van der Waals surface area contributed by atoms with Crippen LogP contribution in [-0.4, -0.2) is 36.4 Å². The number of ether oxygens (including phenoxy) is 1. The second-order valence-electron chi connectivity index (χ2n) is 6.70. The van der Waals surface area contributed by atoms with Crippen molar-refractivity contribution in [2.24, 2.45) is 0 Å². The maximum atomic E-state index is 12.6. The maximum Gasteiger partial charge on any atom is 0.262 e. The number of nitrogens with zero attached hydrogens (tertiary/aromatic N) is 1. The Bertz CT molecular complexity index is 832. The van der Waals surface area contributed by atoms with Crippen molar-refractivity contribution < 1.29 is 14.3 Å². The van der Waals surface area contributed by atoms with E-state index in [1.54, 1.807) is 42.5 Å². The number of hydrogen-bond acceptors (Lipinski definition) is 3. The van der Waals surface area contributed by atoms with Crippen LogP contribution in [-0.2, 0) is 4.79 Å². The first-order chi connectivity index (χ1) is 13.5. The molecule has 0 radical (unpaired) electrons. The summed E-state index contributed by atoms with van der Waals surface area (Å²) in [6, 6.07) is 11.7. The van der Waals surface area contributed by atoms with Gasteiger partial charge in [0.15, 0.2) is 6.61 Å². The predicted molar refractivity (Wildman–Crippen MR) is 111 cm³/mol. The van der Waals surface area contributed by atoms with Gasteiger partial charge in [-0.05, 0) is 55.3 Å². The van der Waals surface area contributed by atoms with Crippen LogP contribution in [0.5, 0.6) is 5.75 Å². The maximum absolute atomic E-state index is 12.6. The molecule has 0 aromatic heterocycles. The number of hydrogen-bond donors (Lipinski definition) is 1. The van der Waals surface area contributed by atoms with Gasteiger partial charge in [0, 0.05) is 29.4 Å². The smallest absolute Gasteiger partial charge is 0.262 e. The molecule has 148 valence electrons. The van der Waals surface area contributed by atoms with Gasteiger partial charge in [-0.2, -0.15) is 0 Å². The Morgan fingerprint density at radius 2 is 1.64 bits per heavy atom. The Balaban J connectivity index is 1.53. The first-order valence-corrected chi connectivity index (χ1v) is 10.1. The van der Waals surface area contributed by atoms with Crippen molar-refractivity contribution >= 4 is 40.7 Å². The molecule has 0 atom stereocenters. The summed E-state index contributed by atoms with van der Waals surface area (Å²) in [5.74, 6) is 0.109. The quantitative estimate of drug-likeness (QED) is 0.737. The fourth-order valence-corrected chi connectivity index (χ4v) is 3.55. The van der Waals surface area contributed by atoms with Gasteiger partial charge >= 0.3 is 0 Å². The number of carbonyl (C=O) groups excluding carboxylic acids is 2. The van der Waals surface area contributed by atoms with Gasteiger partial charge in [-0.3, -0.25) is 9.59 Å². The summed E-state index contributed by atoms with van der Waals surface area (Å²) < 4.78 is 5.42. The van der Waals surface area contributed by atoms with E-state index >= 15 is 0 Å². The lowest BCUT2D eigenvalue weighted by atomic mass is 10.1. The van der Waals surface area contributed by atoms with Crippen molar-refractivity contribution in [1.29, 1.82) is 0 Å². The molecule has 1 heterocycles. The second kappa shape index (κ2) is 9.80. The summed E-state index contributed by atoms with van der Waals surface area (Å²) in [5.41, 5.74) is 1.23. The third-order valence-electron chi connectivity index (χ3n) is 4.56. The lowest BCUT2D eigenvalue weighted by Gasteiger charge is -2.20. The fourth-order valence-electron chi connectivity index (χ4n) is 3.09. The van der Waals surface area contributed by atoms with Crippen molar-refractivity contribution in [3.8, 4) is 5.75 Å². The molecule has 2 aromatic carbocycles. The molecule has 1 saturated heterocycles. The van der Waals surface area contributed by atoms with Crippen LogP contribution in [0.1, 0.15) is 36.0 Å². The van der Waals surface area contributed by atoms with Gasteiger partial charge in [0.1, 0.15) is 5.75 Å². The van der Waals surface area contributed by atoms with E-state index in [0.717, 1.165) is 25.9 Å². The number of carbonyl (C=O) groups is 2. The molecule has 0 bridgehead atoms. The summed E-state index contributed by atoms with van der Waals surface area (Å²) in [4.78, 5) is 26.6. The molecule has 28 heavy (non-hydrogen) atoms. The van der Waals surface area contributed by atoms with Gasteiger partial charge in [-0.15, -0.1) is 0 Å². The summed E-state index contributed by atoms with van der Waals surface area (Å²) in [6.45, 7) is 1.43. The molecule has 0 saturated carbocycles. The van der Waals surface area contributed by atoms with E-state index in [4.69, 9.17) is 27.9 Å². The van der Waals surface area contributed by atoms with E-state index in [1.165, 1.54) is 12.8 Å². The van der Waals surface area contributed by atoms with Crippen LogP contribution in [0.15, 0.2) is 42.5 Å². The van der Waals surface area contributed by atoms with Crippen LogP contribution in [0.25, 0.3) is 0 Å². The summed E-state index contributed by atoms with van der Waals surface area (Å²) in [6.07, 6.45) is 4.46. The van der Waals surface area contributed by atoms with Crippen molar-refractivity contribution in [3.05, 3.63) is 58.1 Å². The van der Waals surface area contributed by atoms with Gasteiger partial charge < -0.3 is 15.0 Å². The number of amides is 2. The van der Waals surface area contributed by atoms with Crippen LogP contribution in [0, 0.1) is 0 Å². The SMILES string of the molecule is O=C(COc1ccc(Cl)cc1Cl)Nc1ccc(C(=O)N2CCCCCC2)cc1. The standard InChI is InChI=1S/C21H22Cl2N2O3/c22-16-7-10-19(18(23)13-16)28-14-20(26)24-17-8-5-15(6-9-17)21(27)25-11-3-1-2-4-12-25/h5-10,13H,1-4,11-12,14H2,(H,24,26). The number of benzene rings is 2. The second-order valence-corrected chi connectivity index (χ2v) is 7.54. The normalized spacial score (nSPS) is 14.3. The molecule has 5 nitrogen and oxygen atoms in total. The van der Waals surface area contributed by atoms with Crippen LogP contribution < -0.4 is 10.1 Å². The molecule has 7 heteroatoms. The first kappa shape index (κ1) is 20.5. The lowest BCUT2D eigenvalue weighted by molar-refractivity contribution is -0.118. The third-order valence-corrected chi connectivity index (χ3v) is 5.09. The molecule has 0 unspecified atom stereocenters. The lowest BCUT2D eigenvalue weighted by Crippen LogP contribution is -2.31. The number of anilines is 1. The molecule has 0 aliphatic carbocycles. The minimum Gasteiger partial charge on any atom is -0.482 e. The summed E-state index contributed by atoms with van der Waals surface area (Å²) in [7, 11) is 0. The average molecular weight is 421 g/mol. The molecular weight excluding hydrogens is 399 g/mol. The van der Waals surface area contributed by atoms with E-state index in [1.807, 2.05) is 4.90 Å². The highest BCUT2D eigenvalue weighted by Crippen LogP contribution is 2.27. The average Bonchev–Trinajstić information content (AvgIpc) is 2.97. The fraction of sp³-hybridized carbons (Fsp3) is 0.333. The monoisotopic (exact) mass is 420 g/mol. The molecular formula is C21H22Cl2N2O3. The summed E-state index contributed by atoms with van der Waals surface area (Å²) >= 11 is 11.9. The van der Waals surface area contributed by atoms with E-state index in [-0.39, 0.29) is 18.4 Å². The largest absolute Gasteiger partial charge is 0.482 e. The van der Waals surface area contributed by atoms with Gasteiger partial charge in [-0.1, -0.05) is 36.0 Å². The minimum absolute atomic E-state index is 0.0421.